The highest BCUT2D eigenvalue weighted by Crippen LogP contribution is 2.10. The predicted octanol–water partition coefficient (Wildman–Crippen LogP) is 0.663. The molecule has 0 aliphatic carbocycles. The summed E-state index contributed by atoms with van der Waals surface area (Å²) in [4.78, 5) is 10.7. The molecular weight excluding hydrogens is 176 g/mol. The van der Waals surface area contributed by atoms with E-state index in [1.165, 1.54) is 0 Å². The third-order valence-electron chi connectivity index (χ3n) is 2.39. The van der Waals surface area contributed by atoms with Gasteiger partial charge in [0.1, 0.15) is 0 Å². The number of aromatic nitrogens is 2. The van der Waals surface area contributed by atoms with Crippen LogP contribution in [0.5, 0.6) is 0 Å². The zero-order chi connectivity index (χ0) is 9.97. The van der Waals surface area contributed by atoms with Crippen LogP contribution in [0.3, 0.4) is 0 Å². The average Bonchev–Trinajstić information content (AvgIpc) is 2.18. The Kier molecular flexibility index (Phi) is 2.63. The standard InChI is InChI=1S/C10H16N4/c1-8-6-14(7-9(2)13-8)10-11-4-3-5-12-10/h3-5,8-9,13H,6-7H2,1-2H3/t8-,9+. The normalized spacial score (nSPS) is 27.7. The van der Waals surface area contributed by atoms with E-state index in [4.69, 9.17) is 0 Å². The van der Waals surface area contributed by atoms with Crippen LogP contribution in [0.25, 0.3) is 0 Å². The lowest BCUT2D eigenvalue weighted by Crippen LogP contribution is -2.54. The molecule has 1 N–H and O–H groups in total. The van der Waals surface area contributed by atoms with Crippen molar-refractivity contribution in [1.82, 2.24) is 15.3 Å². The lowest BCUT2D eigenvalue weighted by atomic mass is 10.1. The lowest BCUT2D eigenvalue weighted by molar-refractivity contribution is 0.403. The molecular formula is C10H16N4. The van der Waals surface area contributed by atoms with E-state index < -0.39 is 0 Å². The third kappa shape index (κ3) is 2.01. The Bertz CT molecular complexity index is 277. The molecule has 1 aliphatic heterocycles. The van der Waals surface area contributed by atoms with Gasteiger partial charge in [0, 0.05) is 37.6 Å². The molecule has 2 rings (SSSR count). The second-order valence-corrected chi connectivity index (χ2v) is 3.92. The molecule has 0 spiro atoms. The summed E-state index contributed by atoms with van der Waals surface area (Å²) in [5.41, 5.74) is 0. The van der Waals surface area contributed by atoms with Crippen molar-refractivity contribution >= 4 is 5.95 Å². The second kappa shape index (κ2) is 3.92. The number of hydrogen-bond acceptors (Lipinski definition) is 4. The molecule has 0 aromatic carbocycles. The molecule has 14 heavy (non-hydrogen) atoms. The summed E-state index contributed by atoms with van der Waals surface area (Å²) in [6.07, 6.45) is 3.58. The fourth-order valence-electron chi connectivity index (χ4n) is 1.94. The summed E-state index contributed by atoms with van der Waals surface area (Å²) >= 11 is 0. The van der Waals surface area contributed by atoms with Gasteiger partial charge in [-0.25, -0.2) is 9.97 Å². The van der Waals surface area contributed by atoms with Crippen molar-refractivity contribution in [3.05, 3.63) is 18.5 Å². The number of anilines is 1. The number of piperazine rings is 1. The van der Waals surface area contributed by atoms with Crippen molar-refractivity contribution in [2.24, 2.45) is 0 Å². The van der Waals surface area contributed by atoms with Crippen LogP contribution in [0.2, 0.25) is 0 Å². The monoisotopic (exact) mass is 192 g/mol. The van der Waals surface area contributed by atoms with Crippen LogP contribution in [-0.4, -0.2) is 35.1 Å². The first-order valence-corrected chi connectivity index (χ1v) is 5.03. The molecule has 4 nitrogen and oxygen atoms in total. The molecule has 1 saturated heterocycles. The number of hydrogen-bond donors (Lipinski definition) is 1. The quantitative estimate of drug-likeness (QED) is 0.710. The Morgan fingerprint density at radius 1 is 1.21 bits per heavy atom. The van der Waals surface area contributed by atoms with E-state index in [0.29, 0.717) is 12.1 Å². The van der Waals surface area contributed by atoms with Gasteiger partial charge in [-0.3, -0.25) is 0 Å². The van der Waals surface area contributed by atoms with Gasteiger partial charge in [-0.1, -0.05) is 0 Å². The van der Waals surface area contributed by atoms with Crippen molar-refractivity contribution in [3.8, 4) is 0 Å². The first-order valence-electron chi connectivity index (χ1n) is 5.03. The van der Waals surface area contributed by atoms with Crippen LogP contribution in [0, 0.1) is 0 Å². The first kappa shape index (κ1) is 9.40. The highest BCUT2D eigenvalue weighted by molar-refractivity contribution is 5.30. The van der Waals surface area contributed by atoms with Crippen LogP contribution < -0.4 is 10.2 Å². The summed E-state index contributed by atoms with van der Waals surface area (Å²) in [6, 6.07) is 2.85. The third-order valence-corrected chi connectivity index (χ3v) is 2.39. The molecule has 76 valence electrons. The minimum absolute atomic E-state index is 0.502. The Labute approximate surface area is 84.4 Å². The largest absolute Gasteiger partial charge is 0.338 e. The SMILES string of the molecule is C[C@@H]1CN(c2ncccn2)C[C@H](C)N1. The van der Waals surface area contributed by atoms with Gasteiger partial charge in [-0.15, -0.1) is 0 Å². The molecule has 2 heterocycles. The van der Waals surface area contributed by atoms with Crippen molar-refractivity contribution in [2.75, 3.05) is 18.0 Å². The molecule has 1 aliphatic rings. The number of nitrogens with one attached hydrogen (secondary N) is 1. The highest BCUT2D eigenvalue weighted by Gasteiger charge is 2.22. The molecule has 4 heteroatoms. The van der Waals surface area contributed by atoms with Gasteiger partial charge >= 0.3 is 0 Å². The molecule has 0 amide bonds. The van der Waals surface area contributed by atoms with Crippen molar-refractivity contribution in [1.29, 1.82) is 0 Å². The molecule has 0 radical (unpaired) electrons. The van der Waals surface area contributed by atoms with Gasteiger partial charge in [0.05, 0.1) is 0 Å². The summed E-state index contributed by atoms with van der Waals surface area (Å²) in [5.74, 6) is 0.840. The minimum atomic E-state index is 0.502. The molecule has 1 aromatic heterocycles. The van der Waals surface area contributed by atoms with Crippen molar-refractivity contribution in [2.45, 2.75) is 25.9 Å². The van der Waals surface area contributed by atoms with E-state index in [2.05, 4.69) is 34.0 Å². The van der Waals surface area contributed by atoms with E-state index in [1.807, 2.05) is 6.07 Å². The van der Waals surface area contributed by atoms with Crippen molar-refractivity contribution < 1.29 is 0 Å². The Balaban J connectivity index is 2.11. The van der Waals surface area contributed by atoms with Gasteiger partial charge in [0.2, 0.25) is 5.95 Å². The van der Waals surface area contributed by atoms with Crippen LogP contribution >= 0.6 is 0 Å². The van der Waals surface area contributed by atoms with Crippen LogP contribution in [0.1, 0.15) is 13.8 Å². The fraction of sp³-hybridized carbons (Fsp3) is 0.600. The predicted molar refractivity (Wildman–Crippen MR) is 56.3 cm³/mol. The second-order valence-electron chi connectivity index (χ2n) is 3.92. The van der Waals surface area contributed by atoms with Gasteiger partial charge in [0.25, 0.3) is 0 Å². The molecule has 1 fully saturated rings. The van der Waals surface area contributed by atoms with E-state index in [1.54, 1.807) is 12.4 Å². The topological polar surface area (TPSA) is 41.1 Å². The highest BCUT2D eigenvalue weighted by atomic mass is 15.3. The summed E-state index contributed by atoms with van der Waals surface area (Å²) < 4.78 is 0. The first-order chi connectivity index (χ1) is 6.75. The van der Waals surface area contributed by atoms with Gasteiger partial charge < -0.3 is 10.2 Å². The zero-order valence-corrected chi connectivity index (χ0v) is 8.64. The van der Waals surface area contributed by atoms with Gasteiger partial charge in [0.15, 0.2) is 0 Å². The number of nitrogens with zero attached hydrogens (tertiary/aromatic N) is 3. The van der Waals surface area contributed by atoms with E-state index >= 15 is 0 Å². The summed E-state index contributed by atoms with van der Waals surface area (Å²) in [6.45, 7) is 6.33. The molecule has 0 unspecified atom stereocenters. The van der Waals surface area contributed by atoms with Crippen LogP contribution in [0.15, 0.2) is 18.5 Å². The molecule has 1 aromatic rings. The van der Waals surface area contributed by atoms with Gasteiger partial charge in [-0.05, 0) is 19.9 Å². The zero-order valence-electron chi connectivity index (χ0n) is 8.64. The maximum Gasteiger partial charge on any atom is 0.225 e. The maximum absolute atomic E-state index is 4.26. The molecule has 0 bridgehead atoms. The van der Waals surface area contributed by atoms with Crippen LogP contribution in [-0.2, 0) is 0 Å². The molecule has 0 saturated carbocycles. The van der Waals surface area contributed by atoms with Gasteiger partial charge in [-0.2, -0.15) is 0 Å². The minimum Gasteiger partial charge on any atom is -0.338 e. The van der Waals surface area contributed by atoms with Crippen molar-refractivity contribution in [3.63, 3.8) is 0 Å². The molecule has 2 atom stereocenters. The maximum atomic E-state index is 4.26. The average molecular weight is 192 g/mol. The van der Waals surface area contributed by atoms with E-state index in [0.717, 1.165) is 19.0 Å². The Morgan fingerprint density at radius 3 is 2.36 bits per heavy atom. The Morgan fingerprint density at radius 2 is 1.79 bits per heavy atom. The van der Waals surface area contributed by atoms with E-state index in [9.17, 15) is 0 Å². The number of rotatable bonds is 1. The fourth-order valence-corrected chi connectivity index (χ4v) is 1.94. The summed E-state index contributed by atoms with van der Waals surface area (Å²) in [5, 5.41) is 3.48. The Hall–Kier alpha value is -1.16. The lowest BCUT2D eigenvalue weighted by Gasteiger charge is -2.35. The van der Waals surface area contributed by atoms with Crippen LogP contribution in [0.4, 0.5) is 5.95 Å². The smallest absolute Gasteiger partial charge is 0.225 e. The van der Waals surface area contributed by atoms with E-state index in [-0.39, 0.29) is 0 Å². The summed E-state index contributed by atoms with van der Waals surface area (Å²) in [7, 11) is 0.